The number of nitrogens with one attached hydrogen (secondary N) is 3. The van der Waals surface area contributed by atoms with Crippen molar-refractivity contribution in [3.63, 3.8) is 0 Å². The molecule has 0 saturated heterocycles. The van der Waals surface area contributed by atoms with E-state index in [0.717, 1.165) is 17.7 Å². The molecular formula is C16H25N3O2S. The van der Waals surface area contributed by atoms with Crippen LogP contribution in [0.5, 0.6) is 0 Å². The average Bonchev–Trinajstić information content (AvgIpc) is 3.02. The Hall–Kier alpha value is -1.56. The summed E-state index contributed by atoms with van der Waals surface area (Å²) in [5.41, 5.74) is 0. The van der Waals surface area contributed by atoms with Crippen molar-refractivity contribution in [1.82, 2.24) is 16.0 Å². The molecule has 1 atom stereocenters. The first-order chi connectivity index (χ1) is 10.6. The van der Waals surface area contributed by atoms with Gasteiger partial charge in [0.05, 0.1) is 6.04 Å². The minimum Gasteiger partial charge on any atom is -0.349 e. The molecule has 1 aliphatic rings. The molecule has 3 amide bonds. The summed E-state index contributed by atoms with van der Waals surface area (Å²) in [5, 5.41) is 10.7. The molecule has 0 radical (unpaired) electrons. The summed E-state index contributed by atoms with van der Waals surface area (Å²) in [6.07, 6.45) is 6.07. The number of thiophene rings is 1. The van der Waals surface area contributed by atoms with Gasteiger partial charge in [0.25, 0.3) is 0 Å². The van der Waals surface area contributed by atoms with Gasteiger partial charge in [0.2, 0.25) is 5.91 Å². The summed E-state index contributed by atoms with van der Waals surface area (Å²) in [4.78, 5) is 24.7. The van der Waals surface area contributed by atoms with E-state index < -0.39 is 0 Å². The van der Waals surface area contributed by atoms with Crippen molar-refractivity contribution in [2.45, 2.75) is 57.5 Å². The zero-order valence-electron chi connectivity index (χ0n) is 13.1. The second-order valence-electron chi connectivity index (χ2n) is 5.79. The standard InChI is InChI=1S/C16H25N3O2S/c1-12(14-8-5-11-22-14)18-15(20)9-10-17-16(21)19-13-6-3-2-4-7-13/h5,8,11-13H,2-4,6-7,9-10H2,1H3,(H,18,20)(H2,17,19,21). The number of carbonyl (C=O) groups excluding carboxylic acids is 2. The van der Waals surface area contributed by atoms with Crippen LogP contribution >= 0.6 is 11.3 Å². The molecule has 22 heavy (non-hydrogen) atoms. The van der Waals surface area contributed by atoms with Crippen molar-refractivity contribution in [3.05, 3.63) is 22.4 Å². The van der Waals surface area contributed by atoms with Crippen LogP contribution in [0.3, 0.4) is 0 Å². The predicted molar refractivity (Wildman–Crippen MR) is 88.9 cm³/mol. The van der Waals surface area contributed by atoms with Crippen LogP contribution in [0, 0.1) is 0 Å². The van der Waals surface area contributed by atoms with E-state index in [-0.39, 0.29) is 18.0 Å². The maximum absolute atomic E-state index is 11.8. The molecule has 1 aromatic heterocycles. The van der Waals surface area contributed by atoms with Gasteiger partial charge < -0.3 is 16.0 Å². The van der Waals surface area contributed by atoms with Crippen LogP contribution in [0.2, 0.25) is 0 Å². The Morgan fingerprint density at radius 3 is 2.77 bits per heavy atom. The van der Waals surface area contributed by atoms with E-state index in [4.69, 9.17) is 0 Å². The Morgan fingerprint density at radius 1 is 1.32 bits per heavy atom. The Labute approximate surface area is 135 Å². The highest BCUT2D eigenvalue weighted by Gasteiger charge is 2.15. The molecule has 0 spiro atoms. The van der Waals surface area contributed by atoms with Crippen LogP contribution < -0.4 is 16.0 Å². The largest absolute Gasteiger partial charge is 0.349 e. The number of amides is 3. The van der Waals surface area contributed by atoms with Crippen molar-refractivity contribution in [2.75, 3.05) is 6.54 Å². The molecule has 1 aromatic rings. The molecule has 122 valence electrons. The van der Waals surface area contributed by atoms with Gasteiger partial charge in [0, 0.05) is 23.9 Å². The predicted octanol–water partition coefficient (Wildman–Crippen LogP) is 2.95. The van der Waals surface area contributed by atoms with Gasteiger partial charge in [0.15, 0.2) is 0 Å². The summed E-state index contributed by atoms with van der Waals surface area (Å²) >= 11 is 1.63. The zero-order valence-corrected chi connectivity index (χ0v) is 13.9. The van der Waals surface area contributed by atoms with Crippen molar-refractivity contribution in [1.29, 1.82) is 0 Å². The van der Waals surface area contributed by atoms with E-state index in [1.54, 1.807) is 11.3 Å². The van der Waals surface area contributed by atoms with E-state index in [1.165, 1.54) is 19.3 Å². The van der Waals surface area contributed by atoms with Crippen molar-refractivity contribution >= 4 is 23.3 Å². The van der Waals surface area contributed by atoms with Gasteiger partial charge in [-0.15, -0.1) is 11.3 Å². The number of urea groups is 1. The normalized spacial score (nSPS) is 16.8. The molecule has 1 saturated carbocycles. The summed E-state index contributed by atoms with van der Waals surface area (Å²) < 4.78 is 0. The Balaban J connectivity index is 1.59. The third-order valence-electron chi connectivity index (χ3n) is 3.93. The highest BCUT2D eigenvalue weighted by Crippen LogP contribution is 2.18. The van der Waals surface area contributed by atoms with Gasteiger partial charge >= 0.3 is 6.03 Å². The fourth-order valence-corrected chi connectivity index (χ4v) is 3.43. The van der Waals surface area contributed by atoms with Crippen LogP contribution in [-0.4, -0.2) is 24.5 Å². The van der Waals surface area contributed by atoms with Crippen LogP contribution in [-0.2, 0) is 4.79 Å². The van der Waals surface area contributed by atoms with E-state index in [1.807, 2.05) is 24.4 Å². The molecule has 5 nitrogen and oxygen atoms in total. The zero-order chi connectivity index (χ0) is 15.8. The van der Waals surface area contributed by atoms with Gasteiger partial charge in [0.1, 0.15) is 0 Å². The van der Waals surface area contributed by atoms with Crippen LogP contribution in [0.15, 0.2) is 17.5 Å². The first-order valence-electron chi connectivity index (χ1n) is 8.02. The molecular weight excluding hydrogens is 298 g/mol. The Kier molecular flexibility index (Phi) is 6.71. The highest BCUT2D eigenvalue weighted by molar-refractivity contribution is 7.10. The molecule has 1 fully saturated rings. The maximum atomic E-state index is 11.8. The molecule has 0 aromatic carbocycles. The third-order valence-corrected chi connectivity index (χ3v) is 4.98. The minimum atomic E-state index is -0.161. The molecule has 0 aliphatic heterocycles. The molecule has 6 heteroatoms. The van der Waals surface area contributed by atoms with Crippen LogP contribution in [0.4, 0.5) is 4.79 Å². The smallest absolute Gasteiger partial charge is 0.315 e. The second kappa shape index (κ2) is 8.78. The van der Waals surface area contributed by atoms with Crippen LogP contribution in [0.25, 0.3) is 0 Å². The molecule has 3 N–H and O–H groups in total. The summed E-state index contributed by atoms with van der Waals surface area (Å²) in [6.45, 7) is 2.33. The lowest BCUT2D eigenvalue weighted by Crippen LogP contribution is -2.43. The second-order valence-corrected chi connectivity index (χ2v) is 6.77. The van der Waals surface area contributed by atoms with E-state index in [2.05, 4.69) is 16.0 Å². The third kappa shape index (κ3) is 5.67. The molecule has 1 heterocycles. The lowest BCUT2D eigenvalue weighted by molar-refractivity contribution is -0.121. The van der Waals surface area contributed by atoms with Gasteiger partial charge in [-0.05, 0) is 31.2 Å². The lowest BCUT2D eigenvalue weighted by Gasteiger charge is -2.22. The maximum Gasteiger partial charge on any atom is 0.315 e. The first-order valence-corrected chi connectivity index (χ1v) is 8.90. The minimum absolute atomic E-state index is 0.0172. The molecule has 2 rings (SSSR count). The Morgan fingerprint density at radius 2 is 2.09 bits per heavy atom. The number of hydrogen-bond acceptors (Lipinski definition) is 3. The average molecular weight is 323 g/mol. The fraction of sp³-hybridized carbons (Fsp3) is 0.625. The van der Waals surface area contributed by atoms with E-state index in [0.29, 0.717) is 19.0 Å². The van der Waals surface area contributed by atoms with E-state index >= 15 is 0 Å². The SMILES string of the molecule is CC(NC(=O)CCNC(=O)NC1CCCCC1)c1cccs1. The Bertz CT molecular complexity index is 470. The molecule has 1 aliphatic carbocycles. The summed E-state index contributed by atoms with van der Waals surface area (Å²) in [6, 6.07) is 4.13. The monoisotopic (exact) mass is 323 g/mol. The number of carbonyl (C=O) groups is 2. The fourth-order valence-electron chi connectivity index (χ4n) is 2.70. The van der Waals surface area contributed by atoms with Crippen LogP contribution in [0.1, 0.15) is 56.4 Å². The first kappa shape index (κ1) is 16.8. The quantitative estimate of drug-likeness (QED) is 0.753. The van der Waals surface area contributed by atoms with Gasteiger partial charge in [-0.3, -0.25) is 4.79 Å². The lowest BCUT2D eigenvalue weighted by atomic mass is 9.96. The van der Waals surface area contributed by atoms with Crippen molar-refractivity contribution < 1.29 is 9.59 Å². The van der Waals surface area contributed by atoms with Gasteiger partial charge in [-0.1, -0.05) is 25.3 Å². The molecule has 1 unspecified atom stereocenters. The highest BCUT2D eigenvalue weighted by atomic mass is 32.1. The van der Waals surface area contributed by atoms with Gasteiger partial charge in [-0.2, -0.15) is 0 Å². The van der Waals surface area contributed by atoms with Gasteiger partial charge in [-0.25, -0.2) is 4.79 Å². The summed E-state index contributed by atoms with van der Waals surface area (Å²) in [7, 11) is 0. The topological polar surface area (TPSA) is 70.2 Å². The summed E-state index contributed by atoms with van der Waals surface area (Å²) in [5.74, 6) is -0.0427. The van der Waals surface area contributed by atoms with Crippen molar-refractivity contribution in [2.24, 2.45) is 0 Å². The molecule has 0 bridgehead atoms. The number of hydrogen-bond donors (Lipinski definition) is 3. The van der Waals surface area contributed by atoms with Crippen molar-refractivity contribution in [3.8, 4) is 0 Å². The number of rotatable bonds is 6. The van der Waals surface area contributed by atoms with E-state index in [9.17, 15) is 9.59 Å².